The largest absolute Gasteiger partial charge is 0.456 e. The maximum Gasteiger partial charge on any atom is 0.193 e. The Hall–Kier alpha value is -2.35. The minimum atomic E-state index is 0.00177. The minimum Gasteiger partial charge on any atom is -0.456 e. The Kier molecular flexibility index (Phi) is 3.87. The molecule has 0 atom stereocenters. The number of para-hydroxylation sites is 1. The van der Waals surface area contributed by atoms with Crippen LogP contribution in [0.2, 0.25) is 0 Å². The fourth-order valence-electron chi connectivity index (χ4n) is 2.46. The summed E-state index contributed by atoms with van der Waals surface area (Å²) in [5.41, 5.74) is 2.90. The van der Waals surface area contributed by atoms with E-state index in [1.54, 1.807) is 12.1 Å². The average Bonchev–Trinajstić information content (AvgIpc) is 2.53. The number of unbranched alkanes of at least 4 members (excludes halogenated alkanes) is 1. The van der Waals surface area contributed by atoms with Gasteiger partial charge in [0.1, 0.15) is 11.3 Å². The van der Waals surface area contributed by atoms with Crippen molar-refractivity contribution in [3.8, 4) is 11.3 Å². The lowest BCUT2D eigenvalue weighted by molar-refractivity contribution is 0.619. The standard InChI is InChI=1S/C19H18O2/c1-2-3-6-14-9-11-15(12-10-14)19-13-17(20)16-7-4-5-8-18(16)21-19/h4-5,7-13H,2-3,6H2,1H3. The first kappa shape index (κ1) is 13.6. The van der Waals surface area contributed by atoms with Gasteiger partial charge in [-0.2, -0.15) is 0 Å². The second kappa shape index (κ2) is 5.96. The normalized spacial score (nSPS) is 10.9. The van der Waals surface area contributed by atoms with Crippen molar-refractivity contribution in [2.24, 2.45) is 0 Å². The summed E-state index contributed by atoms with van der Waals surface area (Å²) in [5, 5.41) is 0.626. The lowest BCUT2D eigenvalue weighted by Crippen LogP contribution is -1.99. The van der Waals surface area contributed by atoms with E-state index in [0.29, 0.717) is 16.7 Å². The zero-order valence-electron chi connectivity index (χ0n) is 12.1. The molecule has 3 aromatic rings. The molecule has 0 amide bonds. The molecule has 0 bridgehead atoms. The summed E-state index contributed by atoms with van der Waals surface area (Å²) < 4.78 is 5.85. The Morgan fingerprint density at radius 2 is 1.76 bits per heavy atom. The molecule has 0 unspecified atom stereocenters. The highest BCUT2D eigenvalue weighted by atomic mass is 16.3. The molecule has 0 spiro atoms. The van der Waals surface area contributed by atoms with E-state index in [1.165, 1.54) is 18.4 Å². The summed E-state index contributed by atoms with van der Waals surface area (Å²) in [4.78, 5) is 12.1. The van der Waals surface area contributed by atoms with E-state index in [0.717, 1.165) is 12.0 Å². The molecular weight excluding hydrogens is 260 g/mol. The van der Waals surface area contributed by atoms with Crippen LogP contribution in [0.5, 0.6) is 0 Å². The third-order valence-electron chi connectivity index (χ3n) is 3.69. The van der Waals surface area contributed by atoms with Gasteiger partial charge in [0.25, 0.3) is 0 Å². The number of fused-ring (bicyclic) bond motifs is 1. The molecule has 0 fully saturated rings. The van der Waals surface area contributed by atoms with Crippen LogP contribution in [0.1, 0.15) is 25.3 Å². The zero-order valence-corrected chi connectivity index (χ0v) is 12.1. The van der Waals surface area contributed by atoms with Crippen molar-refractivity contribution in [2.75, 3.05) is 0 Å². The van der Waals surface area contributed by atoms with Crippen molar-refractivity contribution < 1.29 is 4.42 Å². The van der Waals surface area contributed by atoms with Gasteiger partial charge in [0, 0.05) is 11.6 Å². The molecule has 2 aromatic carbocycles. The molecular formula is C19H18O2. The van der Waals surface area contributed by atoms with Crippen LogP contribution in [0, 0.1) is 0 Å². The predicted molar refractivity (Wildman–Crippen MR) is 86.5 cm³/mol. The van der Waals surface area contributed by atoms with Crippen LogP contribution in [0.4, 0.5) is 0 Å². The van der Waals surface area contributed by atoms with Crippen LogP contribution in [0.15, 0.2) is 63.8 Å². The van der Waals surface area contributed by atoms with Crippen LogP contribution in [-0.4, -0.2) is 0 Å². The number of rotatable bonds is 4. The first-order valence-corrected chi connectivity index (χ1v) is 7.40. The van der Waals surface area contributed by atoms with Crippen LogP contribution in [0.3, 0.4) is 0 Å². The molecule has 0 radical (unpaired) electrons. The van der Waals surface area contributed by atoms with Gasteiger partial charge >= 0.3 is 0 Å². The Labute approximate surface area is 124 Å². The summed E-state index contributed by atoms with van der Waals surface area (Å²) >= 11 is 0. The molecule has 106 valence electrons. The Bertz CT molecular complexity index is 798. The summed E-state index contributed by atoms with van der Waals surface area (Å²) in [6, 6.07) is 17.2. The average molecular weight is 278 g/mol. The van der Waals surface area contributed by atoms with E-state index >= 15 is 0 Å². The van der Waals surface area contributed by atoms with Crippen LogP contribution in [0.25, 0.3) is 22.3 Å². The van der Waals surface area contributed by atoms with Crippen molar-refractivity contribution in [1.82, 2.24) is 0 Å². The van der Waals surface area contributed by atoms with Gasteiger partial charge in [-0.15, -0.1) is 0 Å². The van der Waals surface area contributed by atoms with Crippen molar-refractivity contribution in [2.45, 2.75) is 26.2 Å². The maximum atomic E-state index is 12.1. The SMILES string of the molecule is CCCCc1ccc(-c2cc(=O)c3ccccc3o2)cc1. The molecule has 0 aliphatic heterocycles. The molecule has 0 saturated heterocycles. The lowest BCUT2D eigenvalue weighted by atomic mass is 10.0. The third kappa shape index (κ3) is 2.89. The molecule has 1 aromatic heterocycles. The minimum absolute atomic E-state index is 0.00177. The third-order valence-corrected chi connectivity index (χ3v) is 3.69. The number of aryl methyl sites for hydroxylation is 1. The molecule has 0 aliphatic carbocycles. The molecule has 0 N–H and O–H groups in total. The van der Waals surface area contributed by atoms with Gasteiger partial charge in [-0.1, -0.05) is 49.7 Å². The van der Waals surface area contributed by atoms with Gasteiger partial charge in [-0.05, 0) is 30.5 Å². The smallest absolute Gasteiger partial charge is 0.193 e. The summed E-state index contributed by atoms with van der Waals surface area (Å²) in [5.74, 6) is 0.626. The van der Waals surface area contributed by atoms with Crippen LogP contribution >= 0.6 is 0 Å². The van der Waals surface area contributed by atoms with Gasteiger partial charge in [0.15, 0.2) is 5.43 Å². The molecule has 2 heteroatoms. The number of hydrogen-bond acceptors (Lipinski definition) is 2. The monoisotopic (exact) mass is 278 g/mol. The quantitative estimate of drug-likeness (QED) is 0.686. The second-order valence-electron chi connectivity index (χ2n) is 5.27. The highest BCUT2D eigenvalue weighted by molar-refractivity contribution is 5.78. The van der Waals surface area contributed by atoms with E-state index in [2.05, 4.69) is 19.1 Å². The molecule has 0 aliphatic rings. The van der Waals surface area contributed by atoms with Gasteiger partial charge < -0.3 is 4.42 Å². The van der Waals surface area contributed by atoms with E-state index in [-0.39, 0.29) is 5.43 Å². The van der Waals surface area contributed by atoms with Crippen molar-refractivity contribution in [3.05, 3.63) is 70.4 Å². The number of hydrogen-bond donors (Lipinski definition) is 0. The highest BCUT2D eigenvalue weighted by Crippen LogP contribution is 2.22. The van der Waals surface area contributed by atoms with E-state index in [1.807, 2.05) is 30.3 Å². The summed E-state index contributed by atoms with van der Waals surface area (Å²) in [6.45, 7) is 2.19. The first-order valence-electron chi connectivity index (χ1n) is 7.40. The van der Waals surface area contributed by atoms with E-state index in [4.69, 9.17) is 4.42 Å². The van der Waals surface area contributed by atoms with Gasteiger partial charge in [0.05, 0.1) is 5.39 Å². The summed E-state index contributed by atoms with van der Waals surface area (Å²) in [7, 11) is 0. The van der Waals surface area contributed by atoms with Crippen LogP contribution in [-0.2, 0) is 6.42 Å². The Morgan fingerprint density at radius 1 is 1.00 bits per heavy atom. The molecule has 2 nitrogen and oxygen atoms in total. The highest BCUT2D eigenvalue weighted by Gasteiger charge is 2.06. The van der Waals surface area contributed by atoms with Gasteiger partial charge in [-0.25, -0.2) is 0 Å². The van der Waals surface area contributed by atoms with E-state index < -0.39 is 0 Å². The van der Waals surface area contributed by atoms with Gasteiger partial charge in [-0.3, -0.25) is 4.79 Å². The topological polar surface area (TPSA) is 30.2 Å². The fraction of sp³-hybridized carbons (Fsp3) is 0.211. The molecule has 0 saturated carbocycles. The molecule has 3 rings (SSSR count). The Balaban J connectivity index is 1.98. The first-order chi connectivity index (χ1) is 10.3. The van der Waals surface area contributed by atoms with Crippen molar-refractivity contribution >= 4 is 11.0 Å². The van der Waals surface area contributed by atoms with Gasteiger partial charge in [0.2, 0.25) is 0 Å². The van der Waals surface area contributed by atoms with E-state index in [9.17, 15) is 4.79 Å². The van der Waals surface area contributed by atoms with Crippen molar-refractivity contribution in [1.29, 1.82) is 0 Å². The Morgan fingerprint density at radius 3 is 2.52 bits per heavy atom. The number of benzene rings is 2. The molecule has 1 heterocycles. The van der Waals surface area contributed by atoms with Crippen LogP contribution < -0.4 is 5.43 Å². The lowest BCUT2D eigenvalue weighted by Gasteiger charge is -2.05. The van der Waals surface area contributed by atoms with Crippen molar-refractivity contribution in [3.63, 3.8) is 0 Å². The zero-order chi connectivity index (χ0) is 14.7. The predicted octanol–water partition coefficient (Wildman–Crippen LogP) is 4.80. The second-order valence-corrected chi connectivity index (χ2v) is 5.27. The summed E-state index contributed by atoms with van der Waals surface area (Å²) in [6.07, 6.45) is 3.49. The fourth-order valence-corrected chi connectivity index (χ4v) is 2.46. The molecule has 21 heavy (non-hydrogen) atoms. The maximum absolute atomic E-state index is 12.1.